The maximum Gasteiger partial charge on any atom is 0.137 e. The standard InChI is InChI=1S/C50H33NO/c1-3-14-36(15-4-1)42-19-11-12-22-47(42)51(40-27-25-35(26-28-40)39-24-23-34-13-7-8-18-38(34)31-39)41-29-30-45-48(32-41)52-49-33-46(37-16-5-2-6-17-37)43-20-9-10-21-44(43)50(45)49/h1-33H. The minimum absolute atomic E-state index is 0.859. The van der Waals surface area contributed by atoms with E-state index in [9.17, 15) is 0 Å². The van der Waals surface area contributed by atoms with Crippen molar-refractivity contribution in [1.29, 1.82) is 0 Å². The Bertz CT molecular complexity index is 2890. The van der Waals surface area contributed by atoms with Crippen molar-refractivity contribution < 1.29 is 4.42 Å². The van der Waals surface area contributed by atoms with E-state index in [-0.39, 0.29) is 0 Å². The molecule has 0 saturated heterocycles. The number of nitrogens with zero attached hydrogens (tertiary/aromatic N) is 1. The SMILES string of the molecule is c1ccc(-c2ccccc2N(c2ccc(-c3ccc4ccccc4c3)cc2)c2ccc3c(c2)oc2cc(-c4ccccc4)c4ccccc4c23)cc1. The molecule has 9 aromatic carbocycles. The first kappa shape index (κ1) is 30.0. The molecule has 10 aromatic rings. The van der Waals surface area contributed by atoms with E-state index in [1.54, 1.807) is 0 Å². The number of hydrogen-bond acceptors (Lipinski definition) is 2. The number of fused-ring (bicyclic) bond motifs is 6. The molecule has 0 bridgehead atoms. The van der Waals surface area contributed by atoms with Gasteiger partial charge in [0.2, 0.25) is 0 Å². The van der Waals surface area contributed by atoms with Crippen LogP contribution in [0.15, 0.2) is 205 Å². The molecule has 52 heavy (non-hydrogen) atoms. The maximum absolute atomic E-state index is 6.79. The van der Waals surface area contributed by atoms with Gasteiger partial charge in [-0.05, 0) is 91.8 Å². The molecule has 0 N–H and O–H groups in total. The molecule has 1 aromatic heterocycles. The van der Waals surface area contributed by atoms with Gasteiger partial charge in [-0.15, -0.1) is 0 Å². The third-order valence-electron chi connectivity index (χ3n) is 10.2. The Balaban J connectivity index is 1.15. The smallest absolute Gasteiger partial charge is 0.137 e. The van der Waals surface area contributed by atoms with E-state index in [1.807, 2.05) is 0 Å². The molecule has 2 nitrogen and oxygen atoms in total. The van der Waals surface area contributed by atoms with Crippen molar-refractivity contribution in [3.8, 4) is 33.4 Å². The lowest BCUT2D eigenvalue weighted by molar-refractivity contribution is 0.669. The topological polar surface area (TPSA) is 16.4 Å². The average molecular weight is 664 g/mol. The van der Waals surface area contributed by atoms with Crippen LogP contribution in [0.5, 0.6) is 0 Å². The summed E-state index contributed by atoms with van der Waals surface area (Å²) in [7, 11) is 0. The van der Waals surface area contributed by atoms with Crippen LogP contribution in [0, 0.1) is 0 Å². The van der Waals surface area contributed by atoms with Crippen LogP contribution in [0.25, 0.3) is 76.9 Å². The molecule has 0 saturated carbocycles. The van der Waals surface area contributed by atoms with Crippen LogP contribution in [-0.4, -0.2) is 0 Å². The number of anilines is 3. The first-order valence-electron chi connectivity index (χ1n) is 17.8. The predicted molar refractivity (Wildman–Crippen MR) is 220 cm³/mol. The Hall–Kier alpha value is -6.90. The van der Waals surface area contributed by atoms with E-state index in [0.717, 1.165) is 44.6 Å². The normalized spacial score (nSPS) is 11.5. The van der Waals surface area contributed by atoms with Gasteiger partial charge in [0.25, 0.3) is 0 Å². The Morgan fingerprint density at radius 3 is 1.73 bits per heavy atom. The summed E-state index contributed by atoms with van der Waals surface area (Å²) in [6.07, 6.45) is 0. The molecule has 0 aliphatic heterocycles. The molecule has 1 heterocycles. The molecular formula is C50H33NO. The molecule has 0 amide bonds. The fraction of sp³-hybridized carbons (Fsp3) is 0. The van der Waals surface area contributed by atoms with Crippen molar-refractivity contribution in [1.82, 2.24) is 0 Å². The lowest BCUT2D eigenvalue weighted by Crippen LogP contribution is -2.11. The largest absolute Gasteiger partial charge is 0.456 e. The molecule has 244 valence electrons. The van der Waals surface area contributed by atoms with E-state index in [0.29, 0.717) is 0 Å². The molecular weight excluding hydrogens is 631 g/mol. The molecule has 0 unspecified atom stereocenters. The summed E-state index contributed by atoms with van der Waals surface area (Å²) in [5, 5.41) is 7.16. The Labute approximate surface area is 302 Å². The molecule has 0 spiro atoms. The van der Waals surface area contributed by atoms with E-state index in [1.165, 1.54) is 49.4 Å². The zero-order valence-corrected chi connectivity index (χ0v) is 28.4. The zero-order valence-electron chi connectivity index (χ0n) is 28.4. The first-order valence-corrected chi connectivity index (χ1v) is 17.8. The lowest BCUT2D eigenvalue weighted by atomic mass is 9.95. The van der Waals surface area contributed by atoms with E-state index in [2.05, 4.69) is 205 Å². The minimum Gasteiger partial charge on any atom is -0.456 e. The van der Waals surface area contributed by atoms with Crippen LogP contribution in [-0.2, 0) is 0 Å². The van der Waals surface area contributed by atoms with Gasteiger partial charge in [-0.2, -0.15) is 0 Å². The van der Waals surface area contributed by atoms with E-state index >= 15 is 0 Å². The Morgan fingerprint density at radius 1 is 0.327 bits per heavy atom. The fourth-order valence-corrected chi connectivity index (χ4v) is 7.75. The summed E-state index contributed by atoms with van der Waals surface area (Å²) >= 11 is 0. The van der Waals surface area contributed by atoms with E-state index in [4.69, 9.17) is 4.42 Å². The summed E-state index contributed by atoms with van der Waals surface area (Å²) in [5.41, 5.74) is 12.0. The molecule has 0 radical (unpaired) electrons. The van der Waals surface area contributed by atoms with Crippen molar-refractivity contribution in [2.24, 2.45) is 0 Å². The van der Waals surface area contributed by atoms with Gasteiger partial charge in [-0.3, -0.25) is 0 Å². The van der Waals surface area contributed by atoms with Gasteiger partial charge in [0.1, 0.15) is 11.2 Å². The Kier molecular flexibility index (Phi) is 7.18. The van der Waals surface area contributed by atoms with Gasteiger partial charge in [0, 0.05) is 33.8 Å². The summed E-state index contributed by atoms with van der Waals surface area (Å²) in [5.74, 6) is 0. The maximum atomic E-state index is 6.79. The quantitative estimate of drug-likeness (QED) is 0.176. The van der Waals surface area contributed by atoms with Gasteiger partial charge in [0.15, 0.2) is 0 Å². The van der Waals surface area contributed by atoms with E-state index < -0.39 is 0 Å². The second-order valence-electron chi connectivity index (χ2n) is 13.3. The predicted octanol–water partition coefficient (Wildman–Crippen LogP) is 14.4. The summed E-state index contributed by atoms with van der Waals surface area (Å²) in [6, 6.07) is 71.5. The highest BCUT2D eigenvalue weighted by molar-refractivity contribution is 6.22. The summed E-state index contributed by atoms with van der Waals surface area (Å²) < 4.78 is 6.79. The van der Waals surface area contributed by atoms with Crippen molar-refractivity contribution in [2.45, 2.75) is 0 Å². The van der Waals surface area contributed by atoms with Gasteiger partial charge in [0.05, 0.1) is 5.69 Å². The van der Waals surface area contributed by atoms with Crippen LogP contribution in [0.2, 0.25) is 0 Å². The minimum atomic E-state index is 0.859. The molecule has 0 aliphatic rings. The number of hydrogen-bond donors (Lipinski definition) is 0. The van der Waals surface area contributed by atoms with Crippen LogP contribution in [0.3, 0.4) is 0 Å². The van der Waals surface area contributed by atoms with Crippen LogP contribution in [0.4, 0.5) is 17.1 Å². The molecule has 0 fully saturated rings. The second kappa shape index (κ2) is 12.5. The highest BCUT2D eigenvalue weighted by Crippen LogP contribution is 2.45. The molecule has 10 rings (SSSR count). The van der Waals surface area contributed by atoms with Crippen LogP contribution < -0.4 is 4.90 Å². The number of para-hydroxylation sites is 1. The number of rotatable bonds is 6. The van der Waals surface area contributed by atoms with Crippen LogP contribution >= 0.6 is 0 Å². The highest BCUT2D eigenvalue weighted by Gasteiger charge is 2.20. The summed E-state index contributed by atoms with van der Waals surface area (Å²) in [4.78, 5) is 2.35. The van der Waals surface area contributed by atoms with Crippen LogP contribution in [0.1, 0.15) is 0 Å². The number of furan rings is 1. The average Bonchev–Trinajstić information content (AvgIpc) is 3.60. The highest BCUT2D eigenvalue weighted by atomic mass is 16.3. The third-order valence-corrected chi connectivity index (χ3v) is 10.2. The van der Waals surface area contributed by atoms with Crippen molar-refractivity contribution >= 4 is 60.5 Å². The fourth-order valence-electron chi connectivity index (χ4n) is 7.75. The zero-order chi connectivity index (χ0) is 34.4. The van der Waals surface area contributed by atoms with Crippen molar-refractivity contribution in [3.05, 3.63) is 200 Å². The van der Waals surface area contributed by atoms with Gasteiger partial charge in [-0.1, -0.05) is 152 Å². The lowest BCUT2D eigenvalue weighted by Gasteiger charge is -2.28. The van der Waals surface area contributed by atoms with Crippen molar-refractivity contribution in [2.75, 3.05) is 4.90 Å². The molecule has 2 heteroatoms. The summed E-state index contributed by atoms with van der Waals surface area (Å²) in [6.45, 7) is 0. The third kappa shape index (κ3) is 5.12. The van der Waals surface area contributed by atoms with Gasteiger partial charge < -0.3 is 9.32 Å². The molecule has 0 aliphatic carbocycles. The van der Waals surface area contributed by atoms with Gasteiger partial charge in [-0.25, -0.2) is 0 Å². The van der Waals surface area contributed by atoms with Crippen molar-refractivity contribution in [3.63, 3.8) is 0 Å². The Morgan fingerprint density at radius 2 is 0.942 bits per heavy atom. The second-order valence-corrected chi connectivity index (χ2v) is 13.3. The van der Waals surface area contributed by atoms with Gasteiger partial charge >= 0.3 is 0 Å². The first-order chi connectivity index (χ1) is 25.8. The monoisotopic (exact) mass is 663 g/mol. The number of benzene rings is 9. The molecule has 0 atom stereocenters.